The fourth-order valence-corrected chi connectivity index (χ4v) is 2.97. The van der Waals surface area contributed by atoms with Crippen LogP contribution in [0.3, 0.4) is 0 Å². The zero-order chi connectivity index (χ0) is 15.4. The normalized spacial score (nSPS) is 19.4. The highest BCUT2D eigenvalue weighted by Gasteiger charge is 2.25. The van der Waals surface area contributed by atoms with Gasteiger partial charge in [-0.3, -0.25) is 9.69 Å². The Bertz CT molecular complexity index is 502. The summed E-state index contributed by atoms with van der Waals surface area (Å²) in [6.07, 6.45) is 2.86. The number of carbonyl (C=O) groups excluding carboxylic acids is 1. The van der Waals surface area contributed by atoms with Gasteiger partial charge in [0, 0.05) is 31.1 Å². The molecule has 0 spiro atoms. The van der Waals surface area contributed by atoms with Gasteiger partial charge in [-0.15, -0.1) is 0 Å². The molecule has 2 rings (SSSR count). The first-order valence-corrected chi connectivity index (χ1v) is 7.65. The summed E-state index contributed by atoms with van der Waals surface area (Å²) >= 11 is 0. The molecule has 21 heavy (non-hydrogen) atoms. The van der Waals surface area contributed by atoms with Gasteiger partial charge >= 0.3 is 0 Å². The minimum Gasteiger partial charge on any atom is -0.308 e. The first kappa shape index (κ1) is 16.1. The smallest absolute Gasteiger partial charge is 0.164 e. The standard InChI is InChI=1S/C17H25FN2O/c1-13-6-7-14(11-16(13)18)17(21)8-10-20-9-4-5-15(20)12-19(2)3/h6-7,11,15H,4-5,8-10,12H2,1-3H3. The molecule has 0 saturated carbocycles. The van der Waals surface area contributed by atoms with E-state index in [0.717, 1.165) is 19.6 Å². The van der Waals surface area contributed by atoms with E-state index in [4.69, 9.17) is 0 Å². The largest absolute Gasteiger partial charge is 0.308 e. The second-order valence-electron chi connectivity index (χ2n) is 6.23. The maximum Gasteiger partial charge on any atom is 0.164 e. The fraction of sp³-hybridized carbons (Fsp3) is 0.588. The quantitative estimate of drug-likeness (QED) is 0.753. The number of hydrogen-bond acceptors (Lipinski definition) is 3. The highest BCUT2D eigenvalue weighted by Crippen LogP contribution is 2.19. The van der Waals surface area contributed by atoms with E-state index in [2.05, 4.69) is 23.9 Å². The molecule has 3 nitrogen and oxygen atoms in total. The van der Waals surface area contributed by atoms with Crippen LogP contribution < -0.4 is 0 Å². The molecule has 1 aliphatic heterocycles. The number of aryl methyl sites for hydroxylation is 1. The average molecular weight is 292 g/mol. The van der Waals surface area contributed by atoms with Gasteiger partial charge in [0.2, 0.25) is 0 Å². The number of rotatable bonds is 6. The van der Waals surface area contributed by atoms with Crippen LogP contribution in [-0.4, -0.2) is 55.4 Å². The second-order valence-corrected chi connectivity index (χ2v) is 6.23. The number of likely N-dealkylation sites (tertiary alicyclic amines) is 1. The zero-order valence-corrected chi connectivity index (χ0v) is 13.2. The molecule has 116 valence electrons. The summed E-state index contributed by atoms with van der Waals surface area (Å²) in [5.74, 6) is -0.267. The average Bonchev–Trinajstić information content (AvgIpc) is 2.85. The Morgan fingerprint density at radius 1 is 1.43 bits per heavy atom. The Morgan fingerprint density at radius 3 is 2.86 bits per heavy atom. The molecule has 0 amide bonds. The topological polar surface area (TPSA) is 23.6 Å². The third-order valence-corrected chi connectivity index (χ3v) is 4.19. The predicted molar refractivity (Wildman–Crippen MR) is 83.2 cm³/mol. The molecule has 1 atom stereocenters. The number of Topliss-reactive ketones (excluding diaryl/α,β-unsaturated/α-hetero) is 1. The van der Waals surface area contributed by atoms with Crippen LogP contribution in [0.2, 0.25) is 0 Å². The van der Waals surface area contributed by atoms with Crippen molar-refractivity contribution in [2.75, 3.05) is 33.7 Å². The van der Waals surface area contributed by atoms with Gasteiger partial charge in [-0.25, -0.2) is 4.39 Å². The van der Waals surface area contributed by atoms with E-state index < -0.39 is 0 Å². The number of benzene rings is 1. The van der Waals surface area contributed by atoms with Gasteiger partial charge in [0.25, 0.3) is 0 Å². The van der Waals surface area contributed by atoms with Crippen LogP contribution in [-0.2, 0) is 0 Å². The number of likely N-dealkylation sites (N-methyl/N-ethyl adjacent to an activating group) is 1. The van der Waals surface area contributed by atoms with Crippen molar-refractivity contribution in [3.63, 3.8) is 0 Å². The highest BCUT2D eigenvalue weighted by atomic mass is 19.1. The van der Waals surface area contributed by atoms with E-state index in [-0.39, 0.29) is 11.6 Å². The Balaban J connectivity index is 1.89. The molecule has 1 aliphatic rings. The first-order valence-electron chi connectivity index (χ1n) is 7.65. The molecular formula is C17H25FN2O. The Hall–Kier alpha value is -1.26. The van der Waals surface area contributed by atoms with Crippen molar-refractivity contribution >= 4 is 5.78 Å². The number of carbonyl (C=O) groups is 1. The van der Waals surface area contributed by atoms with Gasteiger partial charge in [0.05, 0.1) is 0 Å². The number of halogens is 1. The predicted octanol–water partition coefficient (Wildman–Crippen LogP) is 2.73. The van der Waals surface area contributed by atoms with E-state index in [0.29, 0.717) is 23.6 Å². The Morgan fingerprint density at radius 2 is 2.19 bits per heavy atom. The van der Waals surface area contributed by atoms with Gasteiger partial charge < -0.3 is 4.90 Å². The van der Waals surface area contributed by atoms with Crippen molar-refractivity contribution in [3.05, 3.63) is 35.1 Å². The van der Waals surface area contributed by atoms with Crippen LogP contribution in [0, 0.1) is 12.7 Å². The summed E-state index contributed by atoms with van der Waals surface area (Å²) in [7, 11) is 4.16. The van der Waals surface area contributed by atoms with Crippen LogP contribution in [0.1, 0.15) is 35.2 Å². The van der Waals surface area contributed by atoms with E-state index >= 15 is 0 Å². The highest BCUT2D eigenvalue weighted by molar-refractivity contribution is 5.96. The number of ketones is 1. The summed E-state index contributed by atoms with van der Waals surface area (Å²) in [6.45, 7) is 4.58. The summed E-state index contributed by atoms with van der Waals surface area (Å²) in [6, 6.07) is 5.30. The lowest BCUT2D eigenvalue weighted by Crippen LogP contribution is -2.38. The first-order chi connectivity index (χ1) is 9.97. The van der Waals surface area contributed by atoms with Crippen LogP contribution in [0.25, 0.3) is 0 Å². The zero-order valence-electron chi connectivity index (χ0n) is 13.2. The molecule has 0 aliphatic carbocycles. The maximum absolute atomic E-state index is 13.5. The summed E-state index contributed by atoms with van der Waals surface area (Å²) in [5, 5.41) is 0. The summed E-state index contributed by atoms with van der Waals surface area (Å²) in [5.41, 5.74) is 1.07. The third kappa shape index (κ3) is 4.35. The molecule has 4 heteroatoms. The molecule has 1 aromatic rings. The Kier molecular flexibility index (Phi) is 5.48. The number of nitrogens with zero attached hydrogens (tertiary/aromatic N) is 2. The van der Waals surface area contributed by atoms with Crippen LogP contribution >= 0.6 is 0 Å². The summed E-state index contributed by atoms with van der Waals surface area (Å²) in [4.78, 5) is 16.8. The van der Waals surface area contributed by atoms with Gasteiger partial charge in [-0.05, 0) is 52.0 Å². The Labute approximate surface area is 126 Å². The third-order valence-electron chi connectivity index (χ3n) is 4.19. The van der Waals surface area contributed by atoms with Crippen molar-refractivity contribution < 1.29 is 9.18 Å². The molecule has 0 bridgehead atoms. The van der Waals surface area contributed by atoms with E-state index in [9.17, 15) is 9.18 Å². The van der Waals surface area contributed by atoms with Crippen molar-refractivity contribution in [2.45, 2.75) is 32.2 Å². The fourth-order valence-electron chi connectivity index (χ4n) is 2.97. The molecule has 0 N–H and O–H groups in total. The second kappa shape index (κ2) is 7.14. The lowest BCUT2D eigenvalue weighted by Gasteiger charge is -2.26. The van der Waals surface area contributed by atoms with Crippen LogP contribution in [0.15, 0.2) is 18.2 Å². The van der Waals surface area contributed by atoms with Gasteiger partial charge in [-0.2, -0.15) is 0 Å². The molecule has 1 saturated heterocycles. The molecule has 0 radical (unpaired) electrons. The van der Waals surface area contributed by atoms with Crippen molar-refractivity contribution in [1.29, 1.82) is 0 Å². The molecule has 1 aromatic carbocycles. The maximum atomic E-state index is 13.5. The molecule has 0 aromatic heterocycles. The van der Waals surface area contributed by atoms with Crippen molar-refractivity contribution in [2.24, 2.45) is 0 Å². The van der Waals surface area contributed by atoms with E-state index in [1.54, 1.807) is 19.1 Å². The van der Waals surface area contributed by atoms with Crippen molar-refractivity contribution in [3.8, 4) is 0 Å². The van der Waals surface area contributed by atoms with E-state index in [1.807, 2.05) is 0 Å². The molecule has 1 unspecified atom stereocenters. The van der Waals surface area contributed by atoms with Crippen LogP contribution in [0.4, 0.5) is 4.39 Å². The minimum atomic E-state index is -0.299. The monoisotopic (exact) mass is 292 g/mol. The SMILES string of the molecule is Cc1ccc(C(=O)CCN2CCCC2CN(C)C)cc1F. The molecular weight excluding hydrogens is 267 g/mol. The van der Waals surface area contributed by atoms with Gasteiger partial charge in [0.1, 0.15) is 5.82 Å². The lowest BCUT2D eigenvalue weighted by molar-refractivity contribution is 0.0956. The van der Waals surface area contributed by atoms with Crippen LogP contribution in [0.5, 0.6) is 0 Å². The lowest BCUT2D eigenvalue weighted by atomic mass is 10.1. The van der Waals surface area contributed by atoms with Gasteiger partial charge in [0.15, 0.2) is 5.78 Å². The van der Waals surface area contributed by atoms with Gasteiger partial charge in [-0.1, -0.05) is 12.1 Å². The number of hydrogen-bond donors (Lipinski definition) is 0. The molecule has 1 fully saturated rings. The van der Waals surface area contributed by atoms with Crippen molar-refractivity contribution in [1.82, 2.24) is 9.80 Å². The van der Waals surface area contributed by atoms with E-state index in [1.165, 1.54) is 18.9 Å². The summed E-state index contributed by atoms with van der Waals surface area (Å²) < 4.78 is 13.5. The minimum absolute atomic E-state index is 0.0319. The molecule has 1 heterocycles.